The van der Waals surface area contributed by atoms with Crippen molar-refractivity contribution in [3.63, 3.8) is 0 Å². The lowest BCUT2D eigenvalue weighted by Gasteiger charge is -2.38. The highest BCUT2D eigenvalue weighted by Crippen LogP contribution is 2.36. The van der Waals surface area contributed by atoms with Crippen LogP contribution < -0.4 is 0 Å². The zero-order valence-corrected chi connectivity index (χ0v) is 15.0. The molecule has 0 aliphatic carbocycles. The molecule has 0 N–H and O–H groups in total. The van der Waals surface area contributed by atoms with Crippen molar-refractivity contribution in [3.05, 3.63) is 0 Å². The van der Waals surface area contributed by atoms with Crippen LogP contribution in [0.5, 0.6) is 0 Å². The van der Waals surface area contributed by atoms with Gasteiger partial charge in [0.15, 0.2) is 0 Å². The minimum atomic E-state index is -3.12. The molecule has 3 aliphatic rings. The van der Waals surface area contributed by atoms with Gasteiger partial charge in [-0.1, -0.05) is 0 Å². The van der Waals surface area contributed by atoms with Gasteiger partial charge >= 0.3 is 0 Å². The van der Waals surface area contributed by atoms with Gasteiger partial charge in [-0.05, 0) is 45.7 Å². The third kappa shape index (κ3) is 4.25. The molecule has 0 unspecified atom stereocenters. The summed E-state index contributed by atoms with van der Waals surface area (Å²) in [4.78, 5) is 2.45. The normalized spacial score (nSPS) is 33.7. The average molecular weight is 346 g/mol. The van der Waals surface area contributed by atoms with E-state index in [0.29, 0.717) is 19.7 Å². The molecule has 0 aromatic rings. The first-order valence-electron chi connectivity index (χ1n) is 8.99. The van der Waals surface area contributed by atoms with E-state index in [9.17, 15) is 8.42 Å². The van der Waals surface area contributed by atoms with E-state index in [0.717, 1.165) is 32.4 Å². The number of sulfonamides is 1. The van der Waals surface area contributed by atoms with Crippen LogP contribution in [-0.2, 0) is 19.5 Å². The number of nitrogens with zero attached hydrogens (tertiary/aromatic N) is 2. The Morgan fingerprint density at radius 2 is 2.00 bits per heavy atom. The Labute approximate surface area is 140 Å². The van der Waals surface area contributed by atoms with Crippen LogP contribution in [0, 0.1) is 0 Å². The lowest BCUT2D eigenvalue weighted by Crippen LogP contribution is -2.50. The molecule has 3 saturated heterocycles. The maximum absolute atomic E-state index is 12.1. The summed E-state index contributed by atoms with van der Waals surface area (Å²) in [5, 5.41) is 0. The first-order chi connectivity index (χ1) is 11.0. The van der Waals surface area contributed by atoms with Crippen molar-refractivity contribution in [1.82, 2.24) is 9.21 Å². The van der Waals surface area contributed by atoms with Crippen molar-refractivity contribution >= 4 is 10.0 Å². The third-order valence-corrected chi connectivity index (χ3v) is 7.23. The van der Waals surface area contributed by atoms with Gasteiger partial charge in [-0.25, -0.2) is 8.42 Å². The summed E-state index contributed by atoms with van der Waals surface area (Å²) in [5.74, 6) is 0.166. The lowest BCUT2D eigenvalue weighted by molar-refractivity contribution is -0.0357. The number of rotatable bonds is 6. The van der Waals surface area contributed by atoms with Gasteiger partial charge in [-0.3, -0.25) is 0 Å². The van der Waals surface area contributed by atoms with Gasteiger partial charge in [0.2, 0.25) is 10.0 Å². The van der Waals surface area contributed by atoms with Crippen LogP contribution in [0.3, 0.4) is 0 Å². The Bertz CT molecular complexity index is 492. The van der Waals surface area contributed by atoms with Crippen molar-refractivity contribution in [2.75, 3.05) is 51.7 Å². The monoisotopic (exact) mass is 346 g/mol. The van der Waals surface area contributed by atoms with Crippen LogP contribution in [0.4, 0.5) is 0 Å². The highest BCUT2D eigenvalue weighted by Gasteiger charge is 2.46. The van der Waals surface area contributed by atoms with Crippen LogP contribution in [0.1, 0.15) is 39.0 Å². The fraction of sp³-hybridized carbons (Fsp3) is 1.00. The van der Waals surface area contributed by atoms with Crippen LogP contribution in [0.2, 0.25) is 0 Å². The van der Waals surface area contributed by atoms with E-state index >= 15 is 0 Å². The van der Waals surface area contributed by atoms with Crippen LogP contribution in [0.25, 0.3) is 0 Å². The molecule has 3 aliphatic heterocycles. The molecule has 1 spiro atoms. The molecule has 2 atom stereocenters. The van der Waals surface area contributed by atoms with E-state index in [1.807, 2.05) is 0 Å². The Balaban J connectivity index is 1.47. The minimum Gasteiger partial charge on any atom is -0.374 e. The molecule has 0 amide bonds. The third-order valence-electron chi connectivity index (χ3n) is 5.40. The van der Waals surface area contributed by atoms with E-state index in [2.05, 4.69) is 4.90 Å². The van der Waals surface area contributed by atoms with Gasteiger partial charge in [0, 0.05) is 26.1 Å². The van der Waals surface area contributed by atoms with Gasteiger partial charge in [0.25, 0.3) is 0 Å². The maximum Gasteiger partial charge on any atom is 0.213 e. The fourth-order valence-corrected chi connectivity index (χ4v) is 5.23. The molecular weight excluding hydrogens is 316 g/mol. The highest BCUT2D eigenvalue weighted by molar-refractivity contribution is 7.89. The van der Waals surface area contributed by atoms with Crippen molar-refractivity contribution in [1.29, 1.82) is 0 Å². The lowest BCUT2D eigenvalue weighted by atomic mass is 9.90. The quantitative estimate of drug-likeness (QED) is 0.720. The van der Waals surface area contributed by atoms with Crippen molar-refractivity contribution < 1.29 is 17.9 Å². The van der Waals surface area contributed by atoms with E-state index in [1.165, 1.54) is 25.9 Å². The molecule has 0 saturated carbocycles. The fourth-order valence-electron chi connectivity index (χ4n) is 4.03. The SMILES string of the molecule is CCS(=O)(=O)N1CCC[C@]2(C[C@@H](OCCN3CCCC3)CO2)C1. The molecule has 0 bridgehead atoms. The topological polar surface area (TPSA) is 59.1 Å². The first-order valence-corrected chi connectivity index (χ1v) is 10.6. The molecule has 0 radical (unpaired) electrons. The number of hydrogen-bond donors (Lipinski definition) is 0. The number of piperidine rings is 1. The molecule has 3 rings (SSSR count). The zero-order valence-electron chi connectivity index (χ0n) is 14.2. The smallest absolute Gasteiger partial charge is 0.213 e. The Hall–Kier alpha value is -0.210. The van der Waals surface area contributed by atoms with E-state index in [4.69, 9.17) is 9.47 Å². The van der Waals surface area contributed by atoms with Gasteiger partial charge in [-0.15, -0.1) is 0 Å². The summed E-state index contributed by atoms with van der Waals surface area (Å²) < 4.78 is 37.9. The van der Waals surface area contributed by atoms with Crippen LogP contribution in [-0.4, -0.2) is 81.0 Å². The predicted molar refractivity (Wildman–Crippen MR) is 89.0 cm³/mol. The zero-order chi connectivity index (χ0) is 16.3. The average Bonchev–Trinajstić information content (AvgIpc) is 3.18. The number of likely N-dealkylation sites (tertiary alicyclic amines) is 1. The van der Waals surface area contributed by atoms with E-state index in [1.54, 1.807) is 11.2 Å². The predicted octanol–water partition coefficient (Wildman–Crippen LogP) is 1.07. The van der Waals surface area contributed by atoms with Gasteiger partial charge in [-0.2, -0.15) is 4.31 Å². The molecule has 0 aromatic heterocycles. The summed E-state index contributed by atoms with van der Waals surface area (Å²) in [6.45, 7) is 7.56. The minimum absolute atomic E-state index is 0.113. The van der Waals surface area contributed by atoms with Crippen molar-refractivity contribution in [2.45, 2.75) is 50.7 Å². The summed E-state index contributed by atoms with van der Waals surface area (Å²) in [7, 11) is -3.12. The first kappa shape index (κ1) is 17.6. The highest BCUT2D eigenvalue weighted by atomic mass is 32.2. The maximum atomic E-state index is 12.1. The molecule has 0 aromatic carbocycles. The Kier molecular flexibility index (Phi) is 5.63. The van der Waals surface area contributed by atoms with Crippen molar-refractivity contribution in [2.24, 2.45) is 0 Å². The molecular formula is C16H30N2O4S. The van der Waals surface area contributed by atoms with Crippen LogP contribution in [0.15, 0.2) is 0 Å². The van der Waals surface area contributed by atoms with Gasteiger partial charge < -0.3 is 14.4 Å². The molecule has 134 valence electrons. The number of ether oxygens (including phenoxy) is 2. The Morgan fingerprint density at radius 1 is 1.22 bits per heavy atom. The van der Waals surface area contributed by atoms with Gasteiger partial charge in [0.05, 0.1) is 30.7 Å². The second kappa shape index (κ2) is 7.35. The molecule has 7 heteroatoms. The second-order valence-electron chi connectivity index (χ2n) is 7.08. The van der Waals surface area contributed by atoms with Crippen molar-refractivity contribution in [3.8, 4) is 0 Å². The number of hydrogen-bond acceptors (Lipinski definition) is 5. The van der Waals surface area contributed by atoms with Crippen LogP contribution >= 0.6 is 0 Å². The largest absolute Gasteiger partial charge is 0.374 e. The molecule has 6 nitrogen and oxygen atoms in total. The second-order valence-corrected chi connectivity index (χ2v) is 9.33. The molecule has 3 heterocycles. The van der Waals surface area contributed by atoms with E-state index < -0.39 is 10.0 Å². The van der Waals surface area contributed by atoms with E-state index in [-0.39, 0.29) is 17.5 Å². The Morgan fingerprint density at radius 3 is 2.74 bits per heavy atom. The molecule has 3 fully saturated rings. The summed E-state index contributed by atoms with van der Waals surface area (Å²) in [6.07, 6.45) is 5.35. The van der Waals surface area contributed by atoms with Gasteiger partial charge in [0.1, 0.15) is 0 Å². The molecule has 23 heavy (non-hydrogen) atoms. The summed E-state index contributed by atoms with van der Waals surface area (Å²) >= 11 is 0. The summed E-state index contributed by atoms with van der Waals surface area (Å²) in [5.41, 5.74) is -0.321. The summed E-state index contributed by atoms with van der Waals surface area (Å²) in [6, 6.07) is 0. The standard InChI is InChI=1S/C16H30N2O4S/c1-2-23(19,20)18-9-5-6-16(14-18)12-15(13-22-16)21-11-10-17-7-3-4-8-17/h15H,2-14H2,1H3/t15-,16+/m1/s1.